The monoisotopic (exact) mass is 243 g/mol. The summed E-state index contributed by atoms with van der Waals surface area (Å²) in [6.45, 7) is 2.16. The van der Waals surface area contributed by atoms with Crippen LogP contribution in [-0.4, -0.2) is 21.3 Å². The van der Waals surface area contributed by atoms with E-state index in [4.69, 9.17) is 20.6 Å². The van der Waals surface area contributed by atoms with Crippen molar-refractivity contribution in [3.63, 3.8) is 0 Å². The fraction of sp³-hybridized carbons (Fsp3) is 0.923. The van der Waals surface area contributed by atoms with Crippen LogP contribution >= 0.6 is 0 Å². The van der Waals surface area contributed by atoms with Crippen LogP contribution in [0.1, 0.15) is 64.7 Å². The number of unbranched alkanes of at least 4 members (excludes halogenated alkanes) is 5. The summed E-state index contributed by atoms with van der Waals surface area (Å²) in [6, 6.07) is 1.96. The summed E-state index contributed by atoms with van der Waals surface area (Å²) in [5.74, 6) is -3.26. The van der Waals surface area contributed by atoms with Gasteiger partial charge in [-0.05, 0) is 12.8 Å². The average molecular weight is 243 g/mol. The summed E-state index contributed by atoms with van der Waals surface area (Å²) >= 11 is 0. The molecule has 0 fully saturated rings. The molecule has 0 aromatic carbocycles. The third kappa shape index (κ3) is 9.11. The predicted octanol–water partition coefficient (Wildman–Crippen LogP) is 2.29. The Balaban J connectivity index is 3.74. The summed E-state index contributed by atoms with van der Waals surface area (Å²) in [7, 11) is 0. The molecule has 0 radical (unpaired) electrons. The zero-order valence-electron chi connectivity index (χ0n) is 10.7. The summed E-state index contributed by atoms with van der Waals surface area (Å²) < 4.78 is 0. The molecule has 0 spiro atoms. The van der Waals surface area contributed by atoms with Gasteiger partial charge in [0, 0.05) is 12.3 Å². The van der Waals surface area contributed by atoms with E-state index >= 15 is 0 Å². The minimum absolute atomic E-state index is 0.240. The van der Waals surface area contributed by atoms with Gasteiger partial charge in [-0.25, -0.2) is 0 Å². The fourth-order valence-electron chi connectivity index (χ4n) is 1.94. The van der Waals surface area contributed by atoms with Crippen LogP contribution in [0.3, 0.4) is 0 Å². The number of hydrogen-bond acceptors (Lipinski definition) is 4. The lowest BCUT2D eigenvalue weighted by Gasteiger charge is -2.25. The molecule has 0 aliphatic heterocycles. The van der Waals surface area contributed by atoms with E-state index < -0.39 is 11.9 Å². The fourth-order valence-corrected chi connectivity index (χ4v) is 1.94. The van der Waals surface area contributed by atoms with Crippen molar-refractivity contribution >= 4 is 0 Å². The van der Waals surface area contributed by atoms with Crippen molar-refractivity contribution in [2.75, 3.05) is 0 Å². The third-order valence-electron chi connectivity index (χ3n) is 3.06. The first-order valence-electron chi connectivity index (χ1n) is 6.56. The highest BCUT2D eigenvalue weighted by atomic mass is 16.7. The molecule has 100 valence electrons. The molecule has 0 bridgehead atoms. The first-order valence-corrected chi connectivity index (χ1v) is 6.56. The van der Waals surface area contributed by atoms with Crippen molar-refractivity contribution in [3.05, 3.63) is 0 Å². The van der Waals surface area contributed by atoms with Crippen molar-refractivity contribution in [1.29, 1.82) is 5.26 Å². The molecule has 1 unspecified atom stereocenters. The predicted molar refractivity (Wildman–Crippen MR) is 65.7 cm³/mol. The average Bonchev–Trinajstić information content (AvgIpc) is 2.25. The normalized spacial score (nSPS) is 13.4. The first kappa shape index (κ1) is 16.4. The second kappa shape index (κ2) is 9.41. The number of nitriles is 1. The topological polar surface area (TPSA) is 84.5 Å². The van der Waals surface area contributed by atoms with Gasteiger partial charge in [0.2, 0.25) is 0 Å². The van der Waals surface area contributed by atoms with Gasteiger partial charge >= 0.3 is 0 Å². The van der Waals surface area contributed by atoms with Crippen LogP contribution in [0.5, 0.6) is 0 Å². The van der Waals surface area contributed by atoms with Crippen LogP contribution in [0.15, 0.2) is 0 Å². The highest BCUT2D eigenvalue weighted by Crippen LogP contribution is 2.24. The number of rotatable bonds is 10. The molecule has 0 saturated heterocycles. The number of nitrogens with zero attached hydrogens (tertiary/aromatic N) is 1. The van der Waals surface area contributed by atoms with Crippen LogP contribution in [0.4, 0.5) is 0 Å². The molecule has 0 amide bonds. The van der Waals surface area contributed by atoms with Crippen LogP contribution in [0.2, 0.25) is 0 Å². The molecular formula is C13H25NO3. The van der Waals surface area contributed by atoms with Crippen molar-refractivity contribution < 1.29 is 15.3 Å². The van der Waals surface area contributed by atoms with E-state index in [-0.39, 0.29) is 6.42 Å². The van der Waals surface area contributed by atoms with Crippen molar-refractivity contribution in [2.24, 2.45) is 5.92 Å². The van der Waals surface area contributed by atoms with Crippen molar-refractivity contribution in [1.82, 2.24) is 0 Å². The lowest BCUT2D eigenvalue weighted by molar-refractivity contribution is -0.343. The SMILES string of the molecule is CCCCCCCCC(CCC#N)C(O)(O)O. The summed E-state index contributed by atoms with van der Waals surface area (Å²) in [4.78, 5) is 0. The maximum Gasteiger partial charge on any atom is 0.278 e. The van der Waals surface area contributed by atoms with Gasteiger partial charge in [-0.3, -0.25) is 0 Å². The highest BCUT2D eigenvalue weighted by Gasteiger charge is 2.30. The minimum Gasteiger partial charge on any atom is -0.343 e. The van der Waals surface area contributed by atoms with Crippen LogP contribution in [-0.2, 0) is 0 Å². The summed E-state index contributed by atoms with van der Waals surface area (Å²) in [5, 5.41) is 35.9. The molecule has 0 aromatic rings. The van der Waals surface area contributed by atoms with Crippen LogP contribution < -0.4 is 0 Å². The Labute approximate surface area is 104 Å². The van der Waals surface area contributed by atoms with Gasteiger partial charge in [-0.15, -0.1) is 0 Å². The molecule has 0 saturated carbocycles. The summed E-state index contributed by atoms with van der Waals surface area (Å²) in [5.41, 5.74) is 0. The molecule has 4 nitrogen and oxygen atoms in total. The van der Waals surface area contributed by atoms with Crippen molar-refractivity contribution in [2.45, 2.75) is 70.7 Å². The van der Waals surface area contributed by atoms with Gasteiger partial charge in [0.05, 0.1) is 6.07 Å². The Bertz CT molecular complexity index is 218. The van der Waals surface area contributed by atoms with E-state index in [2.05, 4.69) is 6.92 Å². The number of aliphatic hydroxyl groups is 3. The van der Waals surface area contributed by atoms with E-state index in [0.29, 0.717) is 12.8 Å². The molecule has 4 heteroatoms. The van der Waals surface area contributed by atoms with Crippen molar-refractivity contribution in [3.8, 4) is 6.07 Å². The molecule has 17 heavy (non-hydrogen) atoms. The Morgan fingerprint density at radius 3 is 2.12 bits per heavy atom. The molecule has 1 atom stereocenters. The van der Waals surface area contributed by atoms with Gasteiger partial charge in [-0.1, -0.05) is 45.4 Å². The van der Waals surface area contributed by atoms with E-state index in [1.54, 1.807) is 0 Å². The molecular weight excluding hydrogens is 218 g/mol. The largest absolute Gasteiger partial charge is 0.343 e. The molecule has 0 aliphatic carbocycles. The quantitative estimate of drug-likeness (QED) is 0.406. The lowest BCUT2D eigenvalue weighted by Crippen LogP contribution is -2.37. The second-order valence-electron chi connectivity index (χ2n) is 4.64. The van der Waals surface area contributed by atoms with E-state index in [1.807, 2.05) is 6.07 Å². The standard InChI is InChI=1S/C13H25NO3/c1-2-3-4-5-6-7-9-12(10-8-11-14)13(15,16)17/h12,15-17H,2-10H2,1H3. The van der Waals surface area contributed by atoms with Gasteiger partial charge in [-0.2, -0.15) is 5.26 Å². The molecule has 0 rings (SSSR count). The maximum atomic E-state index is 9.15. The van der Waals surface area contributed by atoms with Gasteiger partial charge in [0.25, 0.3) is 5.97 Å². The highest BCUT2D eigenvalue weighted by molar-refractivity contribution is 4.75. The number of hydrogen-bond donors (Lipinski definition) is 3. The molecule has 3 N–H and O–H groups in total. The van der Waals surface area contributed by atoms with Crippen LogP contribution in [0, 0.1) is 17.2 Å². The van der Waals surface area contributed by atoms with Gasteiger partial charge < -0.3 is 15.3 Å². The lowest BCUT2D eigenvalue weighted by atomic mass is 9.93. The van der Waals surface area contributed by atoms with E-state index in [0.717, 1.165) is 19.3 Å². The Morgan fingerprint density at radius 1 is 1.00 bits per heavy atom. The van der Waals surface area contributed by atoms with E-state index in [1.165, 1.54) is 19.3 Å². The van der Waals surface area contributed by atoms with Gasteiger partial charge in [0.1, 0.15) is 0 Å². The molecule has 0 heterocycles. The first-order chi connectivity index (χ1) is 8.02. The molecule has 0 aromatic heterocycles. The third-order valence-corrected chi connectivity index (χ3v) is 3.06. The minimum atomic E-state index is -2.64. The van der Waals surface area contributed by atoms with E-state index in [9.17, 15) is 0 Å². The van der Waals surface area contributed by atoms with Gasteiger partial charge in [0.15, 0.2) is 0 Å². The Kier molecular flexibility index (Phi) is 9.06. The summed E-state index contributed by atoms with van der Waals surface area (Å²) in [6.07, 6.45) is 7.83. The molecule has 0 aliphatic rings. The van der Waals surface area contributed by atoms with Crippen LogP contribution in [0.25, 0.3) is 0 Å². The Morgan fingerprint density at radius 2 is 1.59 bits per heavy atom. The second-order valence-corrected chi connectivity index (χ2v) is 4.64. The maximum absolute atomic E-state index is 9.15. The Hall–Kier alpha value is -0.630. The zero-order valence-corrected chi connectivity index (χ0v) is 10.7. The smallest absolute Gasteiger partial charge is 0.278 e. The zero-order chi connectivity index (χ0) is 13.1.